The van der Waals surface area contributed by atoms with Crippen molar-refractivity contribution in [1.29, 1.82) is 0 Å². The van der Waals surface area contributed by atoms with Gasteiger partial charge in [0.2, 0.25) is 0 Å². The first-order valence-electron chi connectivity index (χ1n) is 6.20. The van der Waals surface area contributed by atoms with Crippen LogP contribution in [0.2, 0.25) is 0 Å². The number of aryl methyl sites for hydroxylation is 1. The molecule has 4 nitrogen and oxygen atoms in total. The van der Waals surface area contributed by atoms with Crippen LogP contribution < -0.4 is 5.32 Å². The lowest BCUT2D eigenvalue weighted by Crippen LogP contribution is -2.43. The highest BCUT2D eigenvalue weighted by Gasteiger charge is 2.14. The van der Waals surface area contributed by atoms with Crippen LogP contribution in [-0.2, 0) is 6.54 Å². The fourth-order valence-corrected chi connectivity index (χ4v) is 2.44. The van der Waals surface area contributed by atoms with Crippen molar-refractivity contribution in [3.63, 3.8) is 0 Å². The summed E-state index contributed by atoms with van der Waals surface area (Å²) in [5.74, 6) is 0. The van der Waals surface area contributed by atoms with Gasteiger partial charge in [-0.1, -0.05) is 6.07 Å². The summed E-state index contributed by atoms with van der Waals surface area (Å²) < 4.78 is 2.21. The fraction of sp³-hybridized carbons (Fsp3) is 0.462. The number of hydrogen-bond acceptors (Lipinski definition) is 3. The smallest absolute Gasteiger partial charge is 0.137 e. The number of nitrogens with zero attached hydrogens (tertiary/aromatic N) is 3. The van der Waals surface area contributed by atoms with Crippen molar-refractivity contribution in [2.24, 2.45) is 0 Å². The molecular weight excluding hydrogens is 212 g/mol. The molecule has 0 atom stereocenters. The lowest BCUT2D eigenvalue weighted by molar-refractivity contribution is 0.230. The van der Waals surface area contributed by atoms with Gasteiger partial charge < -0.3 is 9.72 Å². The summed E-state index contributed by atoms with van der Waals surface area (Å²) >= 11 is 0. The highest BCUT2D eigenvalue weighted by Crippen LogP contribution is 2.14. The van der Waals surface area contributed by atoms with Gasteiger partial charge in [-0.25, -0.2) is 4.98 Å². The Bertz CT molecular complexity index is 511. The van der Waals surface area contributed by atoms with Gasteiger partial charge in [0.15, 0.2) is 0 Å². The maximum Gasteiger partial charge on any atom is 0.137 e. The van der Waals surface area contributed by atoms with Crippen LogP contribution in [-0.4, -0.2) is 40.5 Å². The normalized spacial score (nSPS) is 17.7. The van der Waals surface area contributed by atoms with Gasteiger partial charge in [0.05, 0.1) is 11.4 Å². The molecule has 0 amide bonds. The van der Waals surface area contributed by atoms with Gasteiger partial charge in [0.25, 0.3) is 0 Å². The first kappa shape index (κ1) is 10.7. The molecule has 3 rings (SSSR count). The van der Waals surface area contributed by atoms with E-state index in [2.05, 4.69) is 44.9 Å². The van der Waals surface area contributed by atoms with Crippen molar-refractivity contribution in [2.45, 2.75) is 13.5 Å². The van der Waals surface area contributed by atoms with Crippen molar-refractivity contribution in [1.82, 2.24) is 19.6 Å². The van der Waals surface area contributed by atoms with Gasteiger partial charge in [-0.05, 0) is 19.1 Å². The van der Waals surface area contributed by atoms with Crippen LogP contribution in [0.15, 0.2) is 24.4 Å². The Hall–Kier alpha value is -1.39. The zero-order chi connectivity index (χ0) is 11.7. The molecule has 4 heteroatoms. The molecule has 0 unspecified atom stereocenters. The van der Waals surface area contributed by atoms with E-state index < -0.39 is 0 Å². The van der Waals surface area contributed by atoms with E-state index in [1.807, 2.05) is 6.07 Å². The number of aromatic nitrogens is 2. The largest absolute Gasteiger partial charge is 0.314 e. The Morgan fingerprint density at radius 1 is 1.29 bits per heavy atom. The van der Waals surface area contributed by atoms with E-state index in [0.717, 1.165) is 44.1 Å². The molecule has 0 aliphatic carbocycles. The third kappa shape index (κ3) is 2.06. The number of pyridine rings is 1. The van der Waals surface area contributed by atoms with Crippen molar-refractivity contribution >= 4 is 5.65 Å². The lowest BCUT2D eigenvalue weighted by atomic mass is 10.3. The van der Waals surface area contributed by atoms with Gasteiger partial charge in [-0.2, -0.15) is 0 Å². The Labute approximate surface area is 101 Å². The van der Waals surface area contributed by atoms with E-state index >= 15 is 0 Å². The predicted molar refractivity (Wildman–Crippen MR) is 68.1 cm³/mol. The molecule has 3 heterocycles. The van der Waals surface area contributed by atoms with Gasteiger partial charge in [-0.3, -0.25) is 4.90 Å². The summed E-state index contributed by atoms with van der Waals surface area (Å²) in [5, 5.41) is 3.38. The van der Waals surface area contributed by atoms with E-state index in [1.165, 1.54) is 5.69 Å². The first-order chi connectivity index (χ1) is 8.34. The number of hydrogen-bond donors (Lipinski definition) is 1. The third-order valence-corrected chi connectivity index (χ3v) is 3.41. The molecule has 0 bridgehead atoms. The van der Waals surface area contributed by atoms with E-state index in [-0.39, 0.29) is 0 Å². The molecule has 1 fully saturated rings. The maximum atomic E-state index is 4.60. The molecule has 2 aromatic heterocycles. The van der Waals surface area contributed by atoms with Crippen LogP contribution in [0.1, 0.15) is 11.4 Å². The summed E-state index contributed by atoms with van der Waals surface area (Å²) in [6.45, 7) is 7.54. The maximum absolute atomic E-state index is 4.60. The first-order valence-corrected chi connectivity index (χ1v) is 6.20. The standard InChI is InChI=1S/C13H18N4/c1-11-12(10-16-8-5-14-6-9-16)17-7-3-2-4-13(17)15-11/h2-4,7,14H,5-6,8-10H2,1H3. The molecular formula is C13H18N4. The average molecular weight is 230 g/mol. The average Bonchev–Trinajstić information content (AvgIpc) is 2.68. The van der Waals surface area contributed by atoms with Crippen molar-refractivity contribution in [3.05, 3.63) is 35.8 Å². The Kier molecular flexibility index (Phi) is 2.82. The third-order valence-electron chi connectivity index (χ3n) is 3.41. The quantitative estimate of drug-likeness (QED) is 0.837. The minimum absolute atomic E-state index is 0.999. The zero-order valence-corrected chi connectivity index (χ0v) is 10.2. The molecule has 1 saturated heterocycles. The molecule has 0 radical (unpaired) electrons. The lowest BCUT2D eigenvalue weighted by Gasteiger charge is -2.27. The second-order valence-electron chi connectivity index (χ2n) is 4.60. The summed E-state index contributed by atoms with van der Waals surface area (Å²) in [6.07, 6.45) is 2.10. The molecule has 1 aliphatic rings. The molecule has 0 saturated carbocycles. The summed E-state index contributed by atoms with van der Waals surface area (Å²) in [4.78, 5) is 7.09. The SMILES string of the molecule is Cc1nc2ccccn2c1CN1CCNCC1. The fourth-order valence-electron chi connectivity index (χ4n) is 2.44. The molecule has 0 spiro atoms. The van der Waals surface area contributed by atoms with Crippen LogP contribution in [0.25, 0.3) is 5.65 Å². The van der Waals surface area contributed by atoms with E-state index in [0.29, 0.717) is 0 Å². The zero-order valence-electron chi connectivity index (χ0n) is 10.2. The summed E-state index contributed by atoms with van der Waals surface area (Å²) in [7, 11) is 0. The molecule has 0 aromatic carbocycles. The minimum Gasteiger partial charge on any atom is -0.314 e. The highest BCUT2D eigenvalue weighted by molar-refractivity contribution is 5.42. The Morgan fingerprint density at radius 2 is 2.12 bits per heavy atom. The van der Waals surface area contributed by atoms with Crippen LogP contribution in [0, 0.1) is 6.92 Å². The summed E-state index contributed by atoms with van der Waals surface area (Å²) in [6, 6.07) is 6.17. The monoisotopic (exact) mass is 230 g/mol. The van der Waals surface area contributed by atoms with E-state index in [9.17, 15) is 0 Å². The van der Waals surface area contributed by atoms with Gasteiger partial charge >= 0.3 is 0 Å². The molecule has 2 aromatic rings. The topological polar surface area (TPSA) is 32.6 Å². The predicted octanol–water partition coefficient (Wildman–Crippen LogP) is 1.05. The van der Waals surface area contributed by atoms with Crippen LogP contribution in [0.5, 0.6) is 0 Å². The number of piperazine rings is 1. The molecule has 90 valence electrons. The van der Waals surface area contributed by atoms with Gasteiger partial charge in [0, 0.05) is 38.9 Å². The Balaban J connectivity index is 1.90. The van der Waals surface area contributed by atoms with E-state index in [1.54, 1.807) is 0 Å². The van der Waals surface area contributed by atoms with E-state index in [4.69, 9.17) is 0 Å². The van der Waals surface area contributed by atoms with Gasteiger partial charge in [0.1, 0.15) is 5.65 Å². The molecule has 17 heavy (non-hydrogen) atoms. The van der Waals surface area contributed by atoms with Gasteiger partial charge in [-0.15, -0.1) is 0 Å². The number of nitrogens with one attached hydrogen (secondary N) is 1. The van der Waals surface area contributed by atoms with Crippen LogP contribution in [0.3, 0.4) is 0 Å². The number of fused-ring (bicyclic) bond motifs is 1. The van der Waals surface area contributed by atoms with Crippen molar-refractivity contribution < 1.29 is 0 Å². The van der Waals surface area contributed by atoms with Crippen LogP contribution >= 0.6 is 0 Å². The van der Waals surface area contributed by atoms with Crippen molar-refractivity contribution in [3.8, 4) is 0 Å². The van der Waals surface area contributed by atoms with Crippen molar-refractivity contribution in [2.75, 3.05) is 26.2 Å². The number of imidazole rings is 1. The highest BCUT2D eigenvalue weighted by atomic mass is 15.2. The number of rotatable bonds is 2. The molecule has 1 aliphatic heterocycles. The Morgan fingerprint density at radius 3 is 2.94 bits per heavy atom. The van der Waals surface area contributed by atoms with Crippen LogP contribution in [0.4, 0.5) is 0 Å². The second-order valence-corrected chi connectivity index (χ2v) is 4.60. The molecule has 1 N–H and O–H groups in total. The summed E-state index contributed by atoms with van der Waals surface area (Å²) in [5.41, 5.74) is 3.52. The minimum atomic E-state index is 0.999. The second kappa shape index (κ2) is 4.47.